The summed E-state index contributed by atoms with van der Waals surface area (Å²) in [5.74, 6) is 2.55. The molecule has 0 spiro atoms. The highest BCUT2D eigenvalue weighted by molar-refractivity contribution is 7.99. The minimum absolute atomic E-state index is 0.285. The molecule has 1 saturated heterocycles. The van der Waals surface area contributed by atoms with Crippen molar-refractivity contribution in [1.82, 2.24) is 19.9 Å². The molecule has 10 heteroatoms. The molecular formula is C28H30N8OS. The van der Waals surface area contributed by atoms with E-state index < -0.39 is 0 Å². The number of aliphatic imine (C=N–C) groups is 1. The van der Waals surface area contributed by atoms with Gasteiger partial charge >= 0.3 is 0 Å². The Balaban J connectivity index is 1.19. The molecule has 2 aliphatic heterocycles. The average molecular weight is 527 g/mol. The number of carbonyl (C=O) groups is 1. The van der Waals surface area contributed by atoms with Gasteiger partial charge in [-0.1, -0.05) is 12.1 Å². The zero-order valence-electron chi connectivity index (χ0n) is 21.4. The van der Waals surface area contributed by atoms with Gasteiger partial charge in [0, 0.05) is 61.5 Å². The molecule has 1 aliphatic carbocycles. The molecule has 9 nitrogen and oxygen atoms in total. The van der Waals surface area contributed by atoms with Gasteiger partial charge in [-0.3, -0.25) is 14.8 Å². The molecule has 3 aromatic rings. The highest BCUT2D eigenvalue weighted by Gasteiger charge is 2.29. The summed E-state index contributed by atoms with van der Waals surface area (Å²) < 4.78 is 0. The van der Waals surface area contributed by atoms with Crippen molar-refractivity contribution < 1.29 is 4.79 Å². The lowest BCUT2D eigenvalue weighted by Gasteiger charge is -2.36. The van der Waals surface area contributed by atoms with Crippen LogP contribution in [0, 0.1) is 5.92 Å². The van der Waals surface area contributed by atoms with Crippen LogP contribution in [0.25, 0.3) is 0 Å². The van der Waals surface area contributed by atoms with Crippen LogP contribution in [-0.4, -0.2) is 64.3 Å². The highest BCUT2D eigenvalue weighted by Crippen LogP contribution is 2.32. The number of anilines is 3. The first-order valence-corrected chi connectivity index (χ1v) is 13.8. The van der Waals surface area contributed by atoms with Crippen LogP contribution in [0.1, 0.15) is 25.3 Å². The average Bonchev–Trinajstić information content (AvgIpc) is 3.72. The van der Waals surface area contributed by atoms with Crippen molar-refractivity contribution in [3.63, 3.8) is 0 Å². The summed E-state index contributed by atoms with van der Waals surface area (Å²) in [5, 5.41) is 3.90. The molecule has 194 valence electrons. The summed E-state index contributed by atoms with van der Waals surface area (Å²) in [6.07, 6.45) is 8.28. The Hall–Kier alpha value is -3.79. The Morgan fingerprint density at radius 2 is 1.71 bits per heavy atom. The van der Waals surface area contributed by atoms with E-state index in [2.05, 4.69) is 32.0 Å². The maximum Gasteiger partial charge on any atom is 0.234 e. The van der Waals surface area contributed by atoms with Gasteiger partial charge in [-0.25, -0.2) is 0 Å². The zero-order chi connectivity index (χ0) is 25.9. The lowest BCUT2D eigenvalue weighted by Crippen LogP contribution is -2.47. The SMILES string of the molecule is CC1=CC(Nc2nc(Sc3ccc(CC(=O)C4CC4)cc3)nc(N3CCN(c4ccncc4)CC3)n2)=NC1. The molecule has 0 radical (unpaired) electrons. The predicted octanol–water partition coefficient (Wildman–Crippen LogP) is 4.04. The van der Waals surface area contributed by atoms with Crippen LogP contribution in [0.3, 0.4) is 0 Å². The number of benzene rings is 1. The normalized spacial score (nSPS) is 17.3. The molecule has 1 N–H and O–H groups in total. The number of carbonyl (C=O) groups excluding carboxylic acids is 1. The molecule has 4 heterocycles. The molecule has 6 rings (SSSR count). The van der Waals surface area contributed by atoms with Crippen molar-refractivity contribution in [2.75, 3.05) is 47.8 Å². The number of nitrogens with zero attached hydrogens (tertiary/aromatic N) is 7. The van der Waals surface area contributed by atoms with E-state index >= 15 is 0 Å². The van der Waals surface area contributed by atoms with Crippen LogP contribution in [0.4, 0.5) is 17.6 Å². The van der Waals surface area contributed by atoms with Gasteiger partial charge in [-0.05, 0) is 73.0 Å². The third kappa shape index (κ3) is 6.02. The third-order valence-corrected chi connectivity index (χ3v) is 7.73. The largest absolute Gasteiger partial charge is 0.368 e. The van der Waals surface area contributed by atoms with Crippen LogP contribution in [-0.2, 0) is 11.2 Å². The molecule has 2 fully saturated rings. The Morgan fingerprint density at radius 3 is 2.39 bits per heavy atom. The van der Waals surface area contributed by atoms with E-state index in [4.69, 9.17) is 15.0 Å². The number of nitrogens with one attached hydrogen (secondary N) is 1. The fourth-order valence-corrected chi connectivity index (χ4v) is 5.31. The van der Waals surface area contributed by atoms with Gasteiger partial charge < -0.3 is 15.1 Å². The summed E-state index contributed by atoms with van der Waals surface area (Å²) in [5.41, 5.74) is 3.43. The van der Waals surface area contributed by atoms with Crippen LogP contribution in [0.5, 0.6) is 0 Å². The predicted molar refractivity (Wildman–Crippen MR) is 150 cm³/mol. The first-order chi connectivity index (χ1) is 18.6. The summed E-state index contributed by atoms with van der Waals surface area (Å²) in [7, 11) is 0. The maximum absolute atomic E-state index is 12.2. The lowest BCUT2D eigenvalue weighted by molar-refractivity contribution is -0.119. The molecule has 38 heavy (non-hydrogen) atoms. The number of piperazine rings is 1. The number of aromatic nitrogens is 4. The van der Waals surface area contributed by atoms with Gasteiger partial charge in [0.2, 0.25) is 11.9 Å². The van der Waals surface area contributed by atoms with E-state index in [0.717, 1.165) is 55.3 Å². The number of pyridine rings is 1. The molecule has 2 aromatic heterocycles. The van der Waals surface area contributed by atoms with Crippen molar-refractivity contribution >= 4 is 41.0 Å². The van der Waals surface area contributed by atoms with E-state index in [1.165, 1.54) is 23.0 Å². The number of hydrogen-bond donors (Lipinski definition) is 1. The first-order valence-electron chi connectivity index (χ1n) is 13.0. The van der Waals surface area contributed by atoms with Crippen LogP contribution >= 0.6 is 11.8 Å². The van der Waals surface area contributed by atoms with Crippen LogP contribution in [0.15, 0.2) is 75.5 Å². The van der Waals surface area contributed by atoms with Gasteiger partial charge in [0.1, 0.15) is 11.6 Å². The van der Waals surface area contributed by atoms with Gasteiger partial charge in [0.05, 0.1) is 6.54 Å². The molecule has 0 amide bonds. The second-order valence-electron chi connectivity index (χ2n) is 9.90. The molecule has 1 aromatic carbocycles. The van der Waals surface area contributed by atoms with Crippen molar-refractivity contribution in [3.8, 4) is 0 Å². The van der Waals surface area contributed by atoms with E-state index in [0.29, 0.717) is 35.8 Å². The smallest absolute Gasteiger partial charge is 0.234 e. The summed E-state index contributed by atoms with van der Waals surface area (Å²) in [6, 6.07) is 12.2. The summed E-state index contributed by atoms with van der Waals surface area (Å²) in [4.78, 5) is 40.7. The van der Waals surface area contributed by atoms with Gasteiger partial charge in [0.15, 0.2) is 5.16 Å². The fourth-order valence-electron chi connectivity index (χ4n) is 4.56. The van der Waals surface area contributed by atoms with Crippen molar-refractivity contribution in [3.05, 3.63) is 66.0 Å². The van der Waals surface area contributed by atoms with E-state index in [1.54, 1.807) is 0 Å². The topological polar surface area (TPSA) is 99.5 Å². The molecule has 0 unspecified atom stereocenters. The second kappa shape index (κ2) is 10.9. The van der Waals surface area contributed by atoms with Gasteiger partial charge in [0.25, 0.3) is 0 Å². The first kappa shape index (κ1) is 24.5. The minimum Gasteiger partial charge on any atom is -0.368 e. The van der Waals surface area contributed by atoms with E-state index in [-0.39, 0.29) is 5.92 Å². The molecule has 3 aliphatic rings. The fraction of sp³-hybridized carbons (Fsp3) is 0.357. The Morgan fingerprint density at radius 1 is 0.974 bits per heavy atom. The lowest BCUT2D eigenvalue weighted by atomic mass is 10.1. The molecule has 0 bridgehead atoms. The van der Waals surface area contributed by atoms with Crippen LogP contribution < -0.4 is 15.1 Å². The van der Waals surface area contributed by atoms with Crippen molar-refractivity contribution in [2.24, 2.45) is 10.9 Å². The third-order valence-electron chi connectivity index (χ3n) is 6.86. The quantitative estimate of drug-likeness (QED) is 0.466. The van der Waals surface area contributed by atoms with Crippen molar-refractivity contribution in [1.29, 1.82) is 0 Å². The molecular weight excluding hydrogens is 496 g/mol. The Bertz CT molecular complexity index is 1360. The number of ketones is 1. The Labute approximate surface area is 226 Å². The standard InChI is InChI=1S/C28H30N8OS/c1-19-16-25(30-18-19)31-26-32-27(36-14-12-35(13-15-36)22-8-10-29-11-9-22)34-28(33-26)38-23-6-2-20(3-7-23)17-24(37)21-4-5-21/h2-3,6-11,16,21H,4-5,12-15,17-18H2,1H3,(H,30,31,32,33,34). The second-order valence-corrected chi connectivity index (χ2v) is 10.9. The number of amidine groups is 1. The number of Topliss-reactive ketones (excluding diaryl/α,β-unsaturated/α-hetero) is 1. The monoisotopic (exact) mass is 526 g/mol. The summed E-state index contributed by atoms with van der Waals surface area (Å²) >= 11 is 1.50. The van der Waals surface area contributed by atoms with E-state index in [9.17, 15) is 4.79 Å². The van der Waals surface area contributed by atoms with Crippen molar-refractivity contribution in [2.45, 2.75) is 36.2 Å². The highest BCUT2D eigenvalue weighted by atomic mass is 32.2. The Kier molecular flexibility index (Phi) is 7.04. The van der Waals surface area contributed by atoms with E-state index in [1.807, 2.05) is 54.9 Å². The maximum atomic E-state index is 12.2. The molecule has 0 atom stereocenters. The van der Waals surface area contributed by atoms with Gasteiger partial charge in [-0.2, -0.15) is 15.0 Å². The van der Waals surface area contributed by atoms with Gasteiger partial charge in [-0.15, -0.1) is 0 Å². The zero-order valence-corrected chi connectivity index (χ0v) is 22.2. The number of rotatable bonds is 8. The summed E-state index contributed by atoms with van der Waals surface area (Å²) in [6.45, 7) is 6.10. The van der Waals surface area contributed by atoms with Crippen LogP contribution in [0.2, 0.25) is 0 Å². The number of hydrogen-bond acceptors (Lipinski definition) is 10. The minimum atomic E-state index is 0.285. The molecule has 1 saturated carbocycles.